The number of nitrogens with one attached hydrogen (secondary N) is 1. The predicted molar refractivity (Wildman–Crippen MR) is 114 cm³/mol. The molecule has 0 bridgehead atoms. The van der Waals surface area contributed by atoms with Gasteiger partial charge in [0, 0.05) is 12.6 Å². The van der Waals surface area contributed by atoms with Crippen LogP contribution in [-0.4, -0.2) is 52.6 Å². The van der Waals surface area contributed by atoms with Crippen LogP contribution in [0.15, 0.2) is 41.3 Å². The molecule has 0 aliphatic carbocycles. The maximum Gasteiger partial charge on any atom is 0.293 e. The molecule has 0 heterocycles. The quantitative estimate of drug-likeness (QED) is 0.307. The van der Waals surface area contributed by atoms with Gasteiger partial charge < -0.3 is 14.4 Å². The minimum Gasteiger partial charge on any atom is -0.497 e. The van der Waals surface area contributed by atoms with E-state index >= 15 is 0 Å². The normalized spacial score (nSPS) is 11.3. The lowest BCUT2D eigenvalue weighted by Crippen LogP contribution is -2.19. The second-order valence-electron chi connectivity index (χ2n) is 5.99. The molecule has 2 aromatic rings. The Labute approximate surface area is 177 Å². The smallest absolute Gasteiger partial charge is 0.293 e. The van der Waals surface area contributed by atoms with Gasteiger partial charge in [0.05, 0.1) is 27.4 Å². The molecular weight excluding hydrogens is 501 g/mol. The fourth-order valence-corrected chi connectivity index (χ4v) is 3.91. The summed E-state index contributed by atoms with van der Waals surface area (Å²) in [4.78, 5) is 12.0. The second-order valence-corrected chi connectivity index (χ2v) is 8.81. The maximum absolute atomic E-state index is 12.7. The molecule has 0 fully saturated rings. The molecule has 152 valence electrons. The molecule has 0 radical (unpaired) electrons. The Morgan fingerprint density at radius 2 is 1.93 bits per heavy atom. The molecule has 0 aliphatic rings. The third kappa shape index (κ3) is 5.69. The van der Waals surface area contributed by atoms with Crippen LogP contribution in [0.3, 0.4) is 0 Å². The van der Waals surface area contributed by atoms with Crippen molar-refractivity contribution in [2.75, 3.05) is 39.1 Å². The van der Waals surface area contributed by atoms with Crippen LogP contribution in [-0.2, 0) is 10.0 Å². The van der Waals surface area contributed by atoms with Crippen LogP contribution in [0.2, 0.25) is 0 Å². The van der Waals surface area contributed by atoms with Crippen molar-refractivity contribution >= 4 is 44.0 Å². The summed E-state index contributed by atoms with van der Waals surface area (Å²) in [5.74, 6) is 0.711. The van der Waals surface area contributed by atoms with Gasteiger partial charge in [0.1, 0.15) is 18.1 Å². The monoisotopic (exact) mass is 521 g/mol. The number of nitro benzene ring substituents is 1. The first-order chi connectivity index (χ1) is 13.1. The highest BCUT2D eigenvalue weighted by molar-refractivity contribution is 14.1. The Morgan fingerprint density at radius 1 is 1.21 bits per heavy atom. The number of rotatable bonds is 9. The minimum absolute atomic E-state index is 0.191. The molecule has 2 rings (SSSR count). The number of sulfonamides is 1. The largest absolute Gasteiger partial charge is 0.497 e. The van der Waals surface area contributed by atoms with Crippen molar-refractivity contribution in [3.8, 4) is 11.5 Å². The van der Waals surface area contributed by atoms with E-state index < -0.39 is 25.5 Å². The van der Waals surface area contributed by atoms with E-state index in [1.807, 2.05) is 19.0 Å². The van der Waals surface area contributed by atoms with E-state index in [2.05, 4.69) is 27.3 Å². The number of methoxy groups -OCH3 is 1. The molecule has 1 N–H and O–H groups in total. The second kappa shape index (κ2) is 9.39. The van der Waals surface area contributed by atoms with Gasteiger partial charge in [0.2, 0.25) is 0 Å². The molecule has 0 saturated heterocycles. The number of halogens is 1. The Kier molecular flexibility index (Phi) is 7.43. The molecule has 2 aromatic carbocycles. The van der Waals surface area contributed by atoms with Crippen molar-refractivity contribution < 1.29 is 22.8 Å². The summed E-state index contributed by atoms with van der Waals surface area (Å²) in [6, 6.07) is 8.37. The fraction of sp³-hybridized carbons (Fsp3) is 0.294. The van der Waals surface area contributed by atoms with Gasteiger partial charge in [-0.1, -0.05) is 0 Å². The van der Waals surface area contributed by atoms with Gasteiger partial charge in [0.15, 0.2) is 4.90 Å². The Balaban J connectivity index is 2.31. The van der Waals surface area contributed by atoms with Crippen LogP contribution in [0.25, 0.3) is 0 Å². The zero-order chi connectivity index (χ0) is 20.9. The standard InChI is InChI=1S/C17H20IN3O6S/c1-20(2)8-9-27-16-10-12(4-6-14(16)18)19-28(24,25)17-7-5-13(26-3)11-15(17)21(22)23/h4-7,10-11,19H,8-9H2,1-3H3. The summed E-state index contributed by atoms with van der Waals surface area (Å²) < 4.78 is 39.2. The summed E-state index contributed by atoms with van der Waals surface area (Å²) in [7, 11) is 0.986. The van der Waals surface area contributed by atoms with E-state index in [-0.39, 0.29) is 11.4 Å². The average Bonchev–Trinajstić information content (AvgIpc) is 2.63. The maximum atomic E-state index is 12.7. The van der Waals surface area contributed by atoms with Crippen LogP contribution in [0.5, 0.6) is 11.5 Å². The number of anilines is 1. The Bertz CT molecular complexity index is 965. The number of hydrogen-bond acceptors (Lipinski definition) is 7. The zero-order valence-electron chi connectivity index (χ0n) is 15.5. The number of nitro groups is 1. The van der Waals surface area contributed by atoms with Gasteiger partial charge >= 0.3 is 0 Å². The first-order valence-electron chi connectivity index (χ1n) is 8.06. The summed E-state index contributed by atoms with van der Waals surface area (Å²) in [6.07, 6.45) is 0. The fourth-order valence-electron chi connectivity index (χ4n) is 2.22. The van der Waals surface area contributed by atoms with Gasteiger partial charge in [-0.15, -0.1) is 0 Å². The molecule has 0 aliphatic heterocycles. The SMILES string of the molecule is COc1ccc(S(=O)(=O)Nc2ccc(I)c(OCCN(C)C)c2)c([N+](=O)[O-])c1. The molecule has 0 unspecified atom stereocenters. The molecule has 0 amide bonds. The number of benzene rings is 2. The van der Waals surface area contributed by atoms with E-state index in [1.165, 1.54) is 13.2 Å². The van der Waals surface area contributed by atoms with Crippen LogP contribution in [0.1, 0.15) is 0 Å². The lowest BCUT2D eigenvalue weighted by Gasteiger charge is -2.14. The van der Waals surface area contributed by atoms with E-state index in [4.69, 9.17) is 9.47 Å². The van der Waals surface area contributed by atoms with E-state index in [0.29, 0.717) is 18.9 Å². The third-order valence-electron chi connectivity index (χ3n) is 3.63. The van der Waals surface area contributed by atoms with E-state index in [9.17, 15) is 18.5 Å². The molecule has 9 nitrogen and oxygen atoms in total. The molecule has 0 aromatic heterocycles. The molecule has 0 atom stereocenters. The summed E-state index contributed by atoms with van der Waals surface area (Å²) in [5, 5.41) is 11.3. The number of hydrogen-bond donors (Lipinski definition) is 1. The topological polar surface area (TPSA) is 111 Å². The van der Waals surface area contributed by atoms with Crippen molar-refractivity contribution in [2.45, 2.75) is 4.90 Å². The molecular formula is C17H20IN3O6S. The summed E-state index contributed by atoms with van der Waals surface area (Å²) in [5.41, 5.74) is -0.329. The number of likely N-dealkylation sites (N-methyl/N-ethyl adjacent to an activating group) is 1. The van der Waals surface area contributed by atoms with Crippen molar-refractivity contribution in [1.82, 2.24) is 4.90 Å². The highest BCUT2D eigenvalue weighted by atomic mass is 127. The molecule has 0 saturated carbocycles. The van der Waals surface area contributed by atoms with Crippen LogP contribution >= 0.6 is 22.6 Å². The van der Waals surface area contributed by atoms with Gasteiger partial charge in [-0.05, 0) is 61.0 Å². The molecule has 11 heteroatoms. The van der Waals surface area contributed by atoms with Gasteiger partial charge in [0.25, 0.3) is 15.7 Å². The average molecular weight is 521 g/mol. The van der Waals surface area contributed by atoms with Gasteiger partial charge in [-0.2, -0.15) is 0 Å². The lowest BCUT2D eigenvalue weighted by molar-refractivity contribution is -0.387. The summed E-state index contributed by atoms with van der Waals surface area (Å²) >= 11 is 2.09. The van der Waals surface area contributed by atoms with Crippen molar-refractivity contribution in [3.63, 3.8) is 0 Å². The third-order valence-corrected chi connectivity index (χ3v) is 5.95. The van der Waals surface area contributed by atoms with Crippen LogP contribution < -0.4 is 14.2 Å². The predicted octanol–water partition coefficient (Wildman–Crippen LogP) is 2.95. The number of ether oxygens (including phenoxy) is 2. The molecule has 0 spiro atoms. The van der Waals surface area contributed by atoms with Crippen molar-refractivity contribution in [2.24, 2.45) is 0 Å². The zero-order valence-corrected chi connectivity index (χ0v) is 18.5. The van der Waals surface area contributed by atoms with Crippen LogP contribution in [0.4, 0.5) is 11.4 Å². The number of nitrogens with zero attached hydrogens (tertiary/aromatic N) is 2. The van der Waals surface area contributed by atoms with E-state index in [1.54, 1.807) is 18.2 Å². The van der Waals surface area contributed by atoms with Crippen molar-refractivity contribution in [3.05, 3.63) is 50.1 Å². The molecule has 28 heavy (non-hydrogen) atoms. The highest BCUT2D eigenvalue weighted by Gasteiger charge is 2.27. The minimum atomic E-state index is -4.19. The van der Waals surface area contributed by atoms with Crippen LogP contribution in [0, 0.1) is 13.7 Å². The summed E-state index contributed by atoms with van der Waals surface area (Å²) in [6.45, 7) is 1.13. The lowest BCUT2D eigenvalue weighted by atomic mass is 10.3. The first-order valence-corrected chi connectivity index (χ1v) is 10.6. The highest BCUT2D eigenvalue weighted by Crippen LogP contribution is 2.31. The Morgan fingerprint density at radius 3 is 2.54 bits per heavy atom. The van der Waals surface area contributed by atoms with E-state index in [0.717, 1.165) is 15.7 Å². The van der Waals surface area contributed by atoms with Crippen molar-refractivity contribution in [1.29, 1.82) is 0 Å². The first kappa shape index (κ1) is 22.2. The Hall–Kier alpha value is -2.12. The van der Waals surface area contributed by atoms with Gasteiger partial charge in [-0.25, -0.2) is 8.42 Å². The van der Waals surface area contributed by atoms with Gasteiger partial charge in [-0.3, -0.25) is 14.8 Å².